The standard InChI is InChI=1S/C29H35FN2O5/c1-17-4-6-20(33)14-19(17)5-7-21-22-15-25-29(23(34)8-11-31,27(22,2)16-24(35)28(21,3)30)37-26(36-25)18-9-12-32-13-10-18/h4,6,9-10,12-14,17,20-22,24-26,33,35H,5,7-8,15-16H2,1-3H3/t17-,20?,21+,22+,24?,25-,26?,27?,28+,29-/m1/s1. The minimum atomic E-state index is -1.88. The summed E-state index contributed by atoms with van der Waals surface area (Å²) < 4.78 is 29.1. The zero-order valence-corrected chi connectivity index (χ0v) is 21.5. The van der Waals surface area contributed by atoms with E-state index in [1.165, 1.54) is 6.92 Å². The molecule has 0 amide bonds. The van der Waals surface area contributed by atoms with Gasteiger partial charge in [-0.25, -0.2) is 4.39 Å². The highest BCUT2D eigenvalue weighted by molar-refractivity contribution is 5.91. The molecule has 7 nitrogen and oxygen atoms in total. The van der Waals surface area contributed by atoms with Crippen LogP contribution in [0.3, 0.4) is 0 Å². The number of nitriles is 1. The summed E-state index contributed by atoms with van der Waals surface area (Å²) in [6.07, 6.45) is 6.37. The topological polar surface area (TPSA) is 113 Å². The van der Waals surface area contributed by atoms with Crippen molar-refractivity contribution in [1.29, 1.82) is 5.26 Å². The van der Waals surface area contributed by atoms with Crippen LogP contribution >= 0.6 is 0 Å². The Morgan fingerprint density at radius 2 is 2.00 bits per heavy atom. The third-order valence-electron chi connectivity index (χ3n) is 9.59. The molecule has 37 heavy (non-hydrogen) atoms. The maximum Gasteiger partial charge on any atom is 0.185 e. The molecule has 8 heteroatoms. The molecule has 4 unspecified atom stereocenters. The number of hydrogen-bond acceptors (Lipinski definition) is 7. The number of halogens is 1. The van der Waals surface area contributed by atoms with Gasteiger partial charge in [0.1, 0.15) is 5.67 Å². The first-order valence-electron chi connectivity index (χ1n) is 13.1. The molecule has 10 atom stereocenters. The predicted molar refractivity (Wildman–Crippen MR) is 132 cm³/mol. The second-order valence-corrected chi connectivity index (χ2v) is 11.5. The quantitative estimate of drug-likeness (QED) is 0.554. The number of carbonyl (C=O) groups excluding carboxylic acids is 1. The average molecular weight is 511 g/mol. The number of ether oxygens (including phenoxy) is 2. The molecule has 5 rings (SSSR count). The molecule has 3 aliphatic carbocycles. The summed E-state index contributed by atoms with van der Waals surface area (Å²) in [6.45, 7) is 5.39. The Labute approximate surface area is 217 Å². The molecule has 0 aromatic carbocycles. The van der Waals surface area contributed by atoms with Crippen LogP contribution in [0, 0.1) is 34.5 Å². The lowest BCUT2D eigenvalue weighted by Gasteiger charge is -2.55. The molecular weight excluding hydrogens is 475 g/mol. The lowest BCUT2D eigenvalue weighted by atomic mass is 9.53. The van der Waals surface area contributed by atoms with Crippen molar-refractivity contribution in [3.63, 3.8) is 0 Å². The SMILES string of the molecule is C[C@@H]1C=CC(O)C=C1CC[C@H]1[C@@H]2C[C@H]3OC(c4ccncc4)O[C@@]3(C(=O)CC#N)C2(C)CC(O)[C@@]1(C)F. The number of aliphatic hydroxyl groups excluding tert-OH is 2. The molecular formula is C29H35FN2O5. The second-order valence-electron chi connectivity index (χ2n) is 11.5. The van der Waals surface area contributed by atoms with Gasteiger partial charge in [0.2, 0.25) is 0 Å². The highest BCUT2D eigenvalue weighted by atomic mass is 19.1. The van der Waals surface area contributed by atoms with E-state index in [-0.39, 0.29) is 30.5 Å². The van der Waals surface area contributed by atoms with Crippen molar-refractivity contribution < 1.29 is 28.9 Å². The Hall–Kier alpha value is -2.44. The smallest absolute Gasteiger partial charge is 0.185 e. The van der Waals surface area contributed by atoms with E-state index in [0.29, 0.717) is 24.8 Å². The van der Waals surface area contributed by atoms with Gasteiger partial charge in [-0.3, -0.25) is 9.78 Å². The average Bonchev–Trinajstić information content (AvgIpc) is 3.36. The molecule has 2 saturated carbocycles. The molecule has 0 radical (unpaired) electrons. The Balaban J connectivity index is 1.50. The molecule has 1 aromatic heterocycles. The summed E-state index contributed by atoms with van der Waals surface area (Å²) in [4.78, 5) is 17.7. The van der Waals surface area contributed by atoms with Crippen LogP contribution in [0.5, 0.6) is 0 Å². The van der Waals surface area contributed by atoms with Gasteiger partial charge in [-0.2, -0.15) is 5.26 Å². The maximum absolute atomic E-state index is 16.3. The highest BCUT2D eigenvalue weighted by Crippen LogP contribution is 2.68. The number of hydrogen-bond donors (Lipinski definition) is 2. The largest absolute Gasteiger partial charge is 0.390 e. The van der Waals surface area contributed by atoms with E-state index in [1.807, 2.05) is 32.1 Å². The molecule has 2 heterocycles. The van der Waals surface area contributed by atoms with Crippen LogP contribution in [0.4, 0.5) is 4.39 Å². The molecule has 1 aromatic rings. The number of allylic oxidation sites excluding steroid dienone is 2. The molecule has 1 aliphatic heterocycles. The molecule has 4 aliphatic rings. The van der Waals surface area contributed by atoms with Crippen LogP contribution in [0.1, 0.15) is 64.7 Å². The monoisotopic (exact) mass is 510 g/mol. The minimum absolute atomic E-state index is 0.0296. The number of carbonyl (C=O) groups is 1. The Kier molecular flexibility index (Phi) is 6.64. The van der Waals surface area contributed by atoms with Crippen LogP contribution in [-0.2, 0) is 14.3 Å². The molecule has 3 fully saturated rings. The molecule has 2 N–H and O–H groups in total. The van der Waals surface area contributed by atoms with Crippen LogP contribution in [-0.4, -0.2) is 50.6 Å². The van der Waals surface area contributed by atoms with Gasteiger partial charge in [-0.1, -0.05) is 37.6 Å². The van der Waals surface area contributed by atoms with Gasteiger partial charge in [0, 0.05) is 23.4 Å². The number of ketones is 1. The normalized spacial score (nSPS) is 44.6. The van der Waals surface area contributed by atoms with Crippen LogP contribution in [0.25, 0.3) is 0 Å². The Morgan fingerprint density at radius 3 is 2.70 bits per heavy atom. The van der Waals surface area contributed by atoms with Crippen molar-refractivity contribution in [3.05, 3.63) is 53.9 Å². The molecule has 1 saturated heterocycles. The number of pyridine rings is 1. The van der Waals surface area contributed by atoms with Gasteiger partial charge >= 0.3 is 0 Å². The van der Waals surface area contributed by atoms with Gasteiger partial charge in [0.05, 0.1) is 30.8 Å². The van der Waals surface area contributed by atoms with E-state index in [9.17, 15) is 20.3 Å². The zero-order chi connectivity index (χ0) is 26.6. The number of aliphatic hydroxyl groups is 2. The Morgan fingerprint density at radius 1 is 1.27 bits per heavy atom. The van der Waals surface area contributed by atoms with Crippen LogP contribution in [0.15, 0.2) is 48.3 Å². The highest BCUT2D eigenvalue weighted by Gasteiger charge is 2.76. The lowest BCUT2D eigenvalue weighted by molar-refractivity contribution is -0.207. The van der Waals surface area contributed by atoms with Crippen molar-refractivity contribution in [1.82, 2.24) is 4.98 Å². The van der Waals surface area contributed by atoms with E-state index in [1.54, 1.807) is 30.6 Å². The van der Waals surface area contributed by atoms with Crippen LogP contribution < -0.4 is 0 Å². The zero-order valence-electron chi connectivity index (χ0n) is 21.5. The van der Waals surface area contributed by atoms with Gasteiger partial charge in [0.25, 0.3) is 0 Å². The number of alkyl halides is 1. The summed E-state index contributed by atoms with van der Waals surface area (Å²) in [7, 11) is 0. The van der Waals surface area contributed by atoms with Crippen molar-refractivity contribution >= 4 is 5.78 Å². The molecule has 198 valence electrons. The fourth-order valence-corrected chi connectivity index (χ4v) is 7.54. The van der Waals surface area contributed by atoms with E-state index in [2.05, 4.69) is 4.98 Å². The second kappa shape index (κ2) is 9.39. The Bertz CT molecular complexity index is 1150. The van der Waals surface area contributed by atoms with Crippen LogP contribution in [0.2, 0.25) is 0 Å². The first-order valence-corrected chi connectivity index (χ1v) is 13.1. The number of nitrogens with zero attached hydrogens (tertiary/aromatic N) is 2. The number of aromatic nitrogens is 1. The van der Waals surface area contributed by atoms with Gasteiger partial charge < -0.3 is 19.7 Å². The molecule has 0 bridgehead atoms. The van der Waals surface area contributed by atoms with E-state index < -0.39 is 47.2 Å². The van der Waals surface area contributed by atoms with E-state index in [4.69, 9.17) is 9.47 Å². The minimum Gasteiger partial charge on any atom is -0.390 e. The first-order chi connectivity index (χ1) is 17.5. The predicted octanol–water partition coefficient (Wildman–Crippen LogP) is 4.13. The van der Waals surface area contributed by atoms with Gasteiger partial charge in [-0.05, 0) is 62.5 Å². The van der Waals surface area contributed by atoms with Crippen molar-refractivity contribution in [3.8, 4) is 6.07 Å². The molecule has 0 spiro atoms. The summed E-state index contributed by atoms with van der Waals surface area (Å²) in [5, 5.41) is 30.6. The fraction of sp³-hybridized carbons (Fsp3) is 0.621. The summed E-state index contributed by atoms with van der Waals surface area (Å²) in [5.41, 5.74) is -2.53. The summed E-state index contributed by atoms with van der Waals surface area (Å²) in [6, 6.07) is 5.48. The van der Waals surface area contributed by atoms with Crippen molar-refractivity contribution in [2.24, 2.45) is 23.2 Å². The summed E-state index contributed by atoms with van der Waals surface area (Å²) in [5.74, 6) is -1.13. The lowest BCUT2D eigenvalue weighted by Crippen LogP contribution is -2.63. The number of fused-ring (bicyclic) bond motifs is 3. The van der Waals surface area contributed by atoms with Crippen molar-refractivity contribution in [2.75, 3.05) is 0 Å². The third-order valence-corrected chi connectivity index (χ3v) is 9.59. The first kappa shape index (κ1) is 26.2. The van der Waals surface area contributed by atoms with Crippen molar-refractivity contribution in [2.45, 2.75) is 88.7 Å². The van der Waals surface area contributed by atoms with E-state index >= 15 is 4.39 Å². The van der Waals surface area contributed by atoms with E-state index in [0.717, 1.165) is 5.57 Å². The van der Waals surface area contributed by atoms with Gasteiger partial charge in [-0.15, -0.1) is 0 Å². The summed E-state index contributed by atoms with van der Waals surface area (Å²) >= 11 is 0. The third kappa shape index (κ3) is 3.99. The fourth-order valence-electron chi connectivity index (χ4n) is 7.54. The maximum atomic E-state index is 16.3. The number of Topliss-reactive ketones (excluding diaryl/α,β-unsaturated/α-hetero) is 1. The number of rotatable bonds is 6. The van der Waals surface area contributed by atoms with Gasteiger partial charge in [0.15, 0.2) is 17.7 Å².